The Morgan fingerprint density at radius 1 is 1.12 bits per heavy atom. The van der Waals surface area contributed by atoms with Crippen molar-refractivity contribution in [2.75, 3.05) is 32.8 Å². The molecule has 2 heterocycles. The van der Waals surface area contributed by atoms with Crippen molar-refractivity contribution >= 4 is 11.9 Å². The topological polar surface area (TPSA) is 63.0 Å². The molecule has 0 saturated carbocycles. The Bertz CT molecular complexity index is 776. The lowest BCUT2D eigenvalue weighted by molar-refractivity contribution is -0.136. The van der Waals surface area contributed by atoms with Crippen molar-refractivity contribution in [2.24, 2.45) is 0 Å². The molecule has 1 aliphatic heterocycles. The van der Waals surface area contributed by atoms with Gasteiger partial charge in [0.25, 0.3) is 5.91 Å². The number of furan rings is 1. The SMILES string of the molecule is Cc1cccc(CN2CCN(C(=O)COC(=O)c3ccoc3C)CC2)c1. The van der Waals surface area contributed by atoms with Gasteiger partial charge >= 0.3 is 5.97 Å². The molecule has 6 heteroatoms. The molecule has 0 aliphatic carbocycles. The number of rotatable bonds is 5. The molecule has 2 aromatic rings. The minimum atomic E-state index is -0.525. The maximum Gasteiger partial charge on any atom is 0.342 e. The van der Waals surface area contributed by atoms with Crippen LogP contribution >= 0.6 is 0 Å². The molecule has 6 nitrogen and oxygen atoms in total. The predicted molar refractivity (Wildman–Crippen MR) is 96.8 cm³/mol. The van der Waals surface area contributed by atoms with Crippen LogP contribution in [0.15, 0.2) is 41.0 Å². The Morgan fingerprint density at radius 3 is 2.54 bits per heavy atom. The standard InChI is InChI=1S/C20H24N2O4/c1-15-4-3-5-17(12-15)13-21-7-9-22(10-8-21)19(23)14-26-20(24)18-6-11-25-16(18)2/h3-6,11-12H,7-10,13-14H2,1-2H3. The molecule has 1 aliphatic rings. The summed E-state index contributed by atoms with van der Waals surface area (Å²) in [6.07, 6.45) is 1.43. The monoisotopic (exact) mass is 356 g/mol. The number of ether oxygens (including phenoxy) is 1. The number of amides is 1. The van der Waals surface area contributed by atoms with Gasteiger partial charge in [0.05, 0.1) is 6.26 Å². The van der Waals surface area contributed by atoms with E-state index in [1.165, 1.54) is 17.4 Å². The number of esters is 1. The van der Waals surface area contributed by atoms with Crippen LogP contribution in [0.4, 0.5) is 0 Å². The fourth-order valence-corrected chi connectivity index (χ4v) is 3.12. The number of aryl methyl sites for hydroxylation is 2. The predicted octanol–water partition coefficient (Wildman–Crippen LogP) is 2.40. The largest absolute Gasteiger partial charge is 0.469 e. The van der Waals surface area contributed by atoms with Crippen molar-refractivity contribution in [1.29, 1.82) is 0 Å². The average Bonchev–Trinajstić information content (AvgIpc) is 3.06. The van der Waals surface area contributed by atoms with Gasteiger partial charge in [-0.25, -0.2) is 4.79 Å². The van der Waals surface area contributed by atoms with Crippen LogP contribution in [-0.4, -0.2) is 54.5 Å². The summed E-state index contributed by atoms with van der Waals surface area (Å²) in [5.41, 5.74) is 2.90. The van der Waals surface area contributed by atoms with Gasteiger partial charge in [-0.15, -0.1) is 0 Å². The van der Waals surface area contributed by atoms with E-state index in [2.05, 4.69) is 36.1 Å². The summed E-state index contributed by atoms with van der Waals surface area (Å²) in [5.74, 6) is -0.190. The van der Waals surface area contributed by atoms with Crippen molar-refractivity contribution in [3.63, 3.8) is 0 Å². The molecule has 1 amide bonds. The maximum absolute atomic E-state index is 12.3. The minimum absolute atomic E-state index is 0.158. The van der Waals surface area contributed by atoms with Crippen molar-refractivity contribution < 1.29 is 18.7 Å². The first kappa shape index (κ1) is 18.2. The molecular formula is C20H24N2O4. The third kappa shape index (κ3) is 4.52. The van der Waals surface area contributed by atoms with Gasteiger partial charge in [0, 0.05) is 32.7 Å². The summed E-state index contributed by atoms with van der Waals surface area (Å²) in [6.45, 7) is 7.35. The molecule has 0 bridgehead atoms. The van der Waals surface area contributed by atoms with Crippen LogP contribution in [0.3, 0.4) is 0 Å². The van der Waals surface area contributed by atoms with Gasteiger partial charge < -0.3 is 14.1 Å². The first-order valence-electron chi connectivity index (χ1n) is 8.80. The van der Waals surface area contributed by atoms with Crippen molar-refractivity contribution in [1.82, 2.24) is 9.80 Å². The van der Waals surface area contributed by atoms with E-state index in [1.54, 1.807) is 17.9 Å². The van der Waals surface area contributed by atoms with Crippen LogP contribution in [0, 0.1) is 13.8 Å². The van der Waals surface area contributed by atoms with Gasteiger partial charge in [-0.05, 0) is 25.5 Å². The van der Waals surface area contributed by atoms with E-state index >= 15 is 0 Å². The molecule has 0 spiro atoms. The van der Waals surface area contributed by atoms with Crippen molar-refractivity contribution in [3.05, 3.63) is 59.0 Å². The second-order valence-corrected chi connectivity index (χ2v) is 6.61. The normalized spacial score (nSPS) is 15.1. The van der Waals surface area contributed by atoms with E-state index in [4.69, 9.17) is 9.15 Å². The molecule has 3 rings (SSSR count). The Labute approximate surface area is 153 Å². The summed E-state index contributed by atoms with van der Waals surface area (Å²) in [7, 11) is 0. The lowest BCUT2D eigenvalue weighted by atomic mass is 10.1. The Balaban J connectivity index is 1.43. The summed E-state index contributed by atoms with van der Waals surface area (Å²) in [4.78, 5) is 28.3. The highest BCUT2D eigenvalue weighted by Gasteiger charge is 2.23. The number of hydrogen-bond acceptors (Lipinski definition) is 5. The molecular weight excluding hydrogens is 332 g/mol. The van der Waals surface area contributed by atoms with Crippen LogP contribution in [-0.2, 0) is 16.1 Å². The fraction of sp³-hybridized carbons (Fsp3) is 0.400. The van der Waals surface area contributed by atoms with E-state index in [0.29, 0.717) is 24.4 Å². The van der Waals surface area contributed by atoms with Gasteiger partial charge in [-0.3, -0.25) is 9.69 Å². The number of piperazine rings is 1. The van der Waals surface area contributed by atoms with Gasteiger partial charge in [-0.2, -0.15) is 0 Å². The van der Waals surface area contributed by atoms with Gasteiger partial charge in [0.1, 0.15) is 11.3 Å². The molecule has 26 heavy (non-hydrogen) atoms. The average molecular weight is 356 g/mol. The van der Waals surface area contributed by atoms with Gasteiger partial charge in [0.2, 0.25) is 0 Å². The zero-order chi connectivity index (χ0) is 18.5. The van der Waals surface area contributed by atoms with E-state index in [-0.39, 0.29) is 12.5 Å². The maximum atomic E-state index is 12.3. The summed E-state index contributed by atoms with van der Waals surface area (Å²) in [5, 5.41) is 0. The van der Waals surface area contributed by atoms with Crippen LogP contribution in [0.25, 0.3) is 0 Å². The lowest BCUT2D eigenvalue weighted by Crippen LogP contribution is -2.49. The minimum Gasteiger partial charge on any atom is -0.469 e. The van der Waals surface area contributed by atoms with E-state index in [1.807, 2.05) is 0 Å². The van der Waals surface area contributed by atoms with Gasteiger partial charge in [-0.1, -0.05) is 29.8 Å². The van der Waals surface area contributed by atoms with Crippen LogP contribution in [0.5, 0.6) is 0 Å². The number of hydrogen-bond donors (Lipinski definition) is 0. The molecule has 0 atom stereocenters. The van der Waals surface area contributed by atoms with E-state index in [9.17, 15) is 9.59 Å². The van der Waals surface area contributed by atoms with Crippen LogP contribution in [0.1, 0.15) is 27.2 Å². The second-order valence-electron chi connectivity index (χ2n) is 6.61. The molecule has 0 radical (unpaired) electrons. The zero-order valence-electron chi connectivity index (χ0n) is 15.2. The Kier molecular flexibility index (Phi) is 5.73. The number of carbonyl (C=O) groups excluding carboxylic acids is 2. The Hall–Kier alpha value is -2.60. The van der Waals surface area contributed by atoms with Crippen molar-refractivity contribution in [2.45, 2.75) is 20.4 Å². The quantitative estimate of drug-likeness (QED) is 0.770. The summed E-state index contributed by atoms with van der Waals surface area (Å²) in [6, 6.07) is 10.0. The zero-order valence-corrected chi connectivity index (χ0v) is 15.2. The van der Waals surface area contributed by atoms with Gasteiger partial charge in [0.15, 0.2) is 6.61 Å². The number of nitrogens with zero attached hydrogens (tertiary/aromatic N) is 2. The highest BCUT2D eigenvalue weighted by molar-refractivity contribution is 5.92. The third-order valence-corrected chi connectivity index (χ3v) is 4.62. The van der Waals surface area contributed by atoms with Crippen molar-refractivity contribution in [3.8, 4) is 0 Å². The van der Waals surface area contributed by atoms with Crippen LogP contribution in [0.2, 0.25) is 0 Å². The number of carbonyl (C=O) groups is 2. The molecule has 0 unspecified atom stereocenters. The lowest BCUT2D eigenvalue weighted by Gasteiger charge is -2.34. The van der Waals surface area contributed by atoms with E-state index in [0.717, 1.165) is 19.6 Å². The molecule has 1 fully saturated rings. The fourth-order valence-electron chi connectivity index (χ4n) is 3.12. The Morgan fingerprint density at radius 2 is 1.88 bits per heavy atom. The molecule has 1 aromatic carbocycles. The highest BCUT2D eigenvalue weighted by atomic mass is 16.5. The molecule has 1 saturated heterocycles. The van der Waals surface area contributed by atoms with Crippen LogP contribution < -0.4 is 0 Å². The number of benzene rings is 1. The summed E-state index contributed by atoms with van der Waals surface area (Å²) < 4.78 is 10.2. The summed E-state index contributed by atoms with van der Waals surface area (Å²) >= 11 is 0. The molecule has 138 valence electrons. The first-order chi connectivity index (χ1) is 12.5. The smallest absolute Gasteiger partial charge is 0.342 e. The first-order valence-corrected chi connectivity index (χ1v) is 8.80. The highest BCUT2D eigenvalue weighted by Crippen LogP contribution is 2.12. The second kappa shape index (κ2) is 8.19. The molecule has 0 N–H and O–H groups in total. The van der Waals surface area contributed by atoms with E-state index < -0.39 is 5.97 Å². The molecule has 1 aromatic heterocycles. The third-order valence-electron chi connectivity index (χ3n) is 4.62.